The molecule has 1 aromatic carbocycles. The number of guanidine groups is 1. The van der Waals surface area contributed by atoms with Gasteiger partial charge in [-0.1, -0.05) is 32.0 Å². The van der Waals surface area contributed by atoms with Crippen molar-refractivity contribution in [2.45, 2.75) is 39.7 Å². The van der Waals surface area contributed by atoms with Crippen LogP contribution in [0.15, 0.2) is 34.6 Å². The first-order valence-electron chi connectivity index (χ1n) is 8.72. The molecule has 1 heterocycles. The Balaban J connectivity index is 0.00000338. The summed E-state index contributed by atoms with van der Waals surface area (Å²) in [6.07, 6.45) is 0.878. The van der Waals surface area contributed by atoms with E-state index in [1.165, 1.54) is 10.6 Å². The second kappa shape index (κ2) is 12.1. The van der Waals surface area contributed by atoms with E-state index in [1.807, 2.05) is 18.2 Å². The quantitative estimate of drug-likeness (QED) is 0.333. The predicted molar refractivity (Wildman–Crippen MR) is 121 cm³/mol. The fourth-order valence-corrected chi connectivity index (χ4v) is 3.21. The Morgan fingerprint density at radius 1 is 1.27 bits per heavy atom. The monoisotopic (exact) mass is 488 g/mol. The maximum Gasteiger partial charge on any atom is 0.191 e. The predicted octanol–water partition coefficient (Wildman–Crippen LogP) is 4.19. The highest BCUT2D eigenvalue weighted by molar-refractivity contribution is 14.0. The number of nitrogens with one attached hydrogen (secondary N) is 2. The summed E-state index contributed by atoms with van der Waals surface area (Å²) in [5, 5.41) is 9.92. The lowest BCUT2D eigenvalue weighted by molar-refractivity contribution is 0.409. The number of aromatic nitrogens is 1. The molecule has 2 aromatic rings. The van der Waals surface area contributed by atoms with E-state index < -0.39 is 0 Å². The molecule has 0 aliphatic heterocycles. The number of benzene rings is 1. The second-order valence-corrected chi connectivity index (χ2v) is 6.91. The Morgan fingerprint density at radius 3 is 2.69 bits per heavy atom. The molecule has 2 rings (SSSR count). The number of methoxy groups -OCH3 is 1. The molecule has 2 N–H and O–H groups in total. The van der Waals surface area contributed by atoms with Crippen molar-refractivity contribution in [3.63, 3.8) is 0 Å². The van der Waals surface area contributed by atoms with Crippen molar-refractivity contribution in [2.75, 3.05) is 20.2 Å². The molecule has 0 radical (unpaired) electrons. The van der Waals surface area contributed by atoms with Crippen LogP contribution in [0.2, 0.25) is 0 Å². The molecule has 0 saturated heterocycles. The minimum Gasteiger partial charge on any atom is -0.496 e. The van der Waals surface area contributed by atoms with E-state index in [0.717, 1.165) is 36.9 Å². The van der Waals surface area contributed by atoms with Crippen LogP contribution in [0.25, 0.3) is 0 Å². The van der Waals surface area contributed by atoms with Crippen molar-refractivity contribution in [2.24, 2.45) is 4.99 Å². The molecule has 0 aliphatic carbocycles. The fraction of sp³-hybridized carbons (Fsp3) is 0.474. The maximum atomic E-state index is 5.40. The van der Waals surface area contributed by atoms with Gasteiger partial charge in [0.15, 0.2) is 5.96 Å². The number of thiazole rings is 1. The molecule has 0 atom stereocenters. The zero-order valence-corrected chi connectivity index (χ0v) is 19.1. The van der Waals surface area contributed by atoms with Gasteiger partial charge in [-0.25, -0.2) is 9.98 Å². The van der Waals surface area contributed by atoms with Crippen LogP contribution >= 0.6 is 35.3 Å². The van der Waals surface area contributed by atoms with E-state index in [9.17, 15) is 0 Å². The summed E-state index contributed by atoms with van der Waals surface area (Å²) in [4.78, 5) is 9.27. The number of nitrogens with zero attached hydrogens (tertiary/aromatic N) is 2. The summed E-state index contributed by atoms with van der Waals surface area (Å²) in [6.45, 7) is 8.60. The summed E-state index contributed by atoms with van der Waals surface area (Å²) in [5.41, 5.74) is 2.21. The first-order chi connectivity index (χ1) is 12.1. The summed E-state index contributed by atoms with van der Waals surface area (Å²) < 4.78 is 5.40. The van der Waals surface area contributed by atoms with Gasteiger partial charge in [0.05, 0.1) is 24.4 Å². The Morgan fingerprint density at radius 2 is 2.04 bits per heavy atom. The lowest BCUT2D eigenvalue weighted by Gasteiger charge is -2.12. The molecule has 0 spiro atoms. The zero-order valence-electron chi connectivity index (χ0n) is 15.9. The van der Waals surface area contributed by atoms with Crippen LogP contribution < -0.4 is 15.4 Å². The van der Waals surface area contributed by atoms with Crippen molar-refractivity contribution in [1.82, 2.24) is 15.6 Å². The van der Waals surface area contributed by atoms with Gasteiger partial charge in [-0.05, 0) is 25.0 Å². The minimum atomic E-state index is 0. The van der Waals surface area contributed by atoms with Gasteiger partial charge < -0.3 is 15.4 Å². The number of rotatable bonds is 8. The average molecular weight is 488 g/mol. The topological polar surface area (TPSA) is 58.5 Å². The molecule has 144 valence electrons. The van der Waals surface area contributed by atoms with Crippen LogP contribution in [-0.2, 0) is 13.0 Å². The van der Waals surface area contributed by atoms with Crippen LogP contribution in [0.5, 0.6) is 5.75 Å². The first-order valence-corrected chi connectivity index (χ1v) is 9.60. The van der Waals surface area contributed by atoms with E-state index in [-0.39, 0.29) is 24.0 Å². The third-order valence-electron chi connectivity index (χ3n) is 3.69. The second-order valence-electron chi connectivity index (χ2n) is 6.02. The van der Waals surface area contributed by atoms with Crippen molar-refractivity contribution in [3.8, 4) is 5.75 Å². The number of para-hydroxylation sites is 1. The van der Waals surface area contributed by atoms with Crippen LogP contribution in [0.1, 0.15) is 43.0 Å². The van der Waals surface area contributed by atoms with Crippen LogP contribution in [0.4, 0.5) is 0 Å². The summed E-state index contributed by atoms with van der Waals surface area (Å²) >= 11 is 1.71. The Bertz CT molecular complexity index is 688. The Labute approximate surface area is 177 Å². The van der Waals surface area contributed by atoms with Crippen molar-refractivity contribution in [3.05, 3.63) is 45.9 Å². The van der Waals surface area contributed by atoms with Gasteiger partial charge >= 0.3 is 0 Å². The number of hydrogen-bond donors (Lipinski definition) is 2. The van der Waals surface area contributed by atoms with Gasteiger partial charge in [0, 0.05) is 24.4 Å². The van der Waals surface area contributed by atoms with Crippen LogP contribution in [0, 0.1) is 0 Å². The molecule has 0 aliphatic rings. The van der Waals surface area contributed by atoms with Crippen molar-refractivity contribution < 1.29 is 4.74 Å². The van der Waals surface area contributed by atoms with E-state index >= 15 is 0 Å². The number of hydrogen-bond acceptors (Lipinski definition) is 4. The highest BCUT2D eigenvalue weighted by Crippen LogP contribution is 2.19. The van der Waals surface area contributed by atoms with E-state index in [4.69, 9.17) is 4.74 Å². The fourth-order valence-electron chi connectivity index (χ4n) is 2.39. The van der Waals surface area contributed by atoms with Crippen molar-refractivity contribution in [1.29, 1.82) is 0 Å². The Kier molecular flexibility index (Phi) is 10.6. The van der Waals surface area contributed by atoms with Gasteiger partial charge in [0.25, 0.3) is 0 Å². The summed E-state index contributed by atoms with van der Waals surface area (Å²) in [5.74, 6) is 2.21. The summed E-state index contributed by atoms with van der Waals surface area (Å²) in [7, 11) is 1.71. The van der Waals surface area contributed by atoms with Gasteiger partial charge in [-0.2, -0.15) is 0 Å². The Hall–Kier alpha value is -1.35. The largest absolute Gasteiger partial charge is 0.496 e. The highest BCUT2D eigenvalue weighted by Gasteiger charge is 2.06. The molecule has 0 bridgehead atoms. The maximum absolute atomic E-state index is 5.40. The van der Waals surface area contributed by atoms with Gasteiger partial charge in [0.2, 0.25) is 0 Å². The first kappa shape index (κ1) is 22.7. The third-order valence-corrected chi connectivity index (χ3v) is 4.88. The molecular weight excluding hydrogens is 459 g/mol. The number of ether oxygens (including phenoxy) is 1. The van der Waals surface area contributed by atoms with Crippen molar-refractivity contribution >= 4 is 41.3 Å². The third kappa shape index (κ3) is 7.11. The molecule has 5 nitrogen and oxygen atoms in total. The molecule has 0 fully saturated rings. The SMILES string of the molecule is CCNC(=NCc1csc(C(C)C)n1)NCCc1ccccc1OC.I. The lowest BCUT2D eigenvalue weighted by Crippen LogP contribution is -2.38. The molecule has 0 unspecified atom stereocenters. The molecular formula is C19H29IN4OS. The summed E-state index contributed by atoms with van der Waals surface area (Å²) in [6, 6.07) is 8.10. The number of halogens is 1. The van der Waals surface area contributed by atoms with E-state index in [1.54, 1.807) is 18.4 Å². The number of aliphatic imine (C=N–C) groups is 1. The smallest absolute Gasteiger partial charge is 0.191 e. The molecule has 1 aromatic heterocycles. The molecule has 26 heavy (non-hydrogen) atoms. The van der Waals surface area contributed by atoms with Gasteiger partial charge in [-0.3, -0.25) is 0 Å². The van der Waals surface area contributed by atoms with E-state index in [2.05, 4.69) is 52.8 Å². The zero-order chi connectivity index (χ0) is 18.1. The molecule has 0 saturated carbocycles. The van der Waals surface area contributed by atoms with Gasteiger partial charge in [-0.15, -0.1) is 35.3 Å². The molecule has 7 heteroatoms. The van der Waals surface area contributed by atoms with E-state index in [0.29, 0.717) is 12.5 Å². The highest BCUT2D eigenvalue weighted by atomic mass is 127. The van der Waals surface area contributed by atoms with Crippen LogP contribution in [-0.4, -0.2) is 31.1 Å². The average Bonchev–Trinajstić information content (AvgIpc) is 3.09. The normalized spacial score (nSPS) is 11.2. The lowest BCUT2D eigenvalue weighted by atomic mass is 10.1. The minimum absolute atomic E-state index is 0. The van der Waals surface area contributed by atoms with Gasteiger partial charge in [0.1, 0.15) is 5.75 Å². The molecule has 0 amide bonds. The van der Waals surface area contributed by atoms with Crippen LogP contribution in [0.3, 0.4) is 0 Å². The standard InChI is InChI=1S/C19H28N4OS.HI/c1-5-20-19(22-12-16-13-25-18(23-16)14(2)3)21-11-10-15-8-6-7-9-17(15)24-4;/h6-9,13-14H,5,10-12H2,1-4H3,(H2,20,21,22);1H.